The van der Waals surface area contributed by atoms with Crippen LogP contribution in [0.2, 0.25) is 0 Å². The highest BCUT2D eigenvalue weighted by molar-refractivity contribution is 5.98. The minimum atomic E-state index is -1.26. The largest absolute Gasteiger partial charge is 0.480 e. The summed E-state index contributed by atoms with van der Waals surface area (Å²) in [5.74, 6) is -7.34. The number of aromatic amines is 1. The van der Waals surface area contributed by atoms with E-state index in [1.54, 1.807) is 27.7 Å². The third-order valence-electron chi connectivity index (χ3n) is 12.0. The van der Waals surface area contributed by atoms with Crippen molar-refractivity contribution >= 4 is 59.2 Å². The van der Waals surface area contributed by atoms with Crippen molar-refractivity contribution in [1.29, 1.82) is 0 Å². The number of guanidine groups is 1. The number of nitrogens with two attached hydrogens (primary N) is 3. The van der Waals surface area contributed by atoms with E-state index >= 15 is 0 Å². The number of carboxylic acid groups (broad SMARTS) is 1. The van der Waals surface area contributed by atoms with Gasteiger partial charge in [-0.1, -0.05) is 61.8 Å². The number of hydrogen-bond acceptors (Lipinski definition) is 12. The molecule has 0 aromatic carbocycles. The van der Waals surface area contributed by atoms with Gasteiger partial charge in [0.2, 0.25) is 47.3 Å². The first kappa shape index (κ1) is 60.8. The zero-order valence-electron chi connectivity index (χ0n) is 43.1. The van der Waals surface area contributed by atoms with Crippen molar-refractivity contribution in [2.75, 3.05) is 13.1 Å². The predicted octanol–water partition coefficient (Wildman–Crippen LogP) is -0.974. The number of H-pyrrole nitrogens is 1. The zero-order valence-corrected chi connectivity index (χ0v) is 43.1. The first-order chi connectivity index (χ1) is 33.2. The SMILES string of the molecule is CC[C@H](C)[C@H](NC(=O)[C@H](C)NC(=O)[C@H](Cc1cnc[nH]1)NC(=O)[C@@H]1CCCN1C(=O)[C@H](CC(C)C)NC(=O)[C@H](C)N)C(=O)N[C@@H](CC(C)C)C(=O)N[C@@H](CCCN=C(N)N)C(=O)N[C@@H](CC(C)C)C(=O)O. The average molecular weight is 1000 g/mol. The number of rotatable bonds is 30. The highest BCUT2D eigenvalue weighted by Gasteiger charge is 2.40. The Morgan fingerprint density at radius 2 is 1.27 bits per heavy atom. The van der Waals surface area contributed by atoms with Crippen LogP contribution in [0.25, 0.3) is 0 Å². The summed E-state index contributed by atoms with van der Waals surface area (Å²) in [4.78, 5) is 134. The van der Waals surface area contributed by atoms with Crippen molar-refractivity contribution in [3.05, 3.63) is 18.2 Å². The maximum absolute atomic E-state index is 14.1. The number of amides is 8. The van der Waals surface area contributed by atoms with Crippen molar-refractivity contribution in [3.8, 4) is 0 Å². The molecule has 15 N–H and O–H groups in total. The Hall–Kier alpha value is -6.33. The van der Waals surface area contributed by atoms with Crippen LogP contribution < -0.4 is 54.4 Å². The van der Waals surface area contributed by atoms with Crippen molar-refractivity contribution in [1.82, 2.24) is 52.1 Å². The fourth-order valence-electron chi connectivity index (χ4n) is 7.93. The van der Waals surface area contributed by atoms with E-state index in [1.807, 2.05) is 27.7 Å². The summed E-state index contributed by atoms with van der Waals surface area (Å²) in [6.07, 6.45) is 4.84. The Bertz CT molecular complexity index is 1970. The van der Waals surface area contributed by atoms with Gasteiger partial charge in [0.25, 0.3) is 0 Å². The molecule has 400 valence electrons. The molecule has 0 aliphatic carbocycles. The Morgan fingerprint density at radius 1 is 0.718 bits per heavy atom. The first-order valence-corrected chi connectivity index (χ1v) is 24.7. The highest BCUT2D eigenvalue weighted by Crippen LogP contribution is 2.21. The number of carboxylic acids is 1. The maximum Gasteiger partial charge on any atom is 0.326 e. The molecule has 1 aromatic rings. The second kappa shape index (κ2) is 29.8. The van der Waals surface area contributed by atoms with Crippen LogP contribution in [-0.4, -0.2) is 147 Å². The maximum atomic E-state index is 14.1. The molecule has 1 saturated heterocycles. The van der Waals surface area contributed by atoms with Gasteiger partial charge in [0.05, 0.1) is 12.4 Å². The zero-order chi connectivity index (χ0) is 53.7. The number of hydrogen-bond donors (Lipinski definition) is 12. The second-order valence-electron chi connectivity index (χ2n) is 19.8. The lowest BCUT2D eigenvalue weighted by molar-refractivity contribution is -0.143. The van der Waals surface area contributed by atoms with Crippen molar-refractivity contribution < 1.29 is 48.3 Å². The van der Waals surface area contributed by atoms with E-state index in [2.05, 4.69) is 52.2 Å². The van der Waals surface area contributed by atoms with Gasteiger partial charge >= 0.3 is 5.97 Å². The van der Waals surface area contributed by atoms with E-state index < -0.39 is 114 Å². The number of aliphatic carboxylic acids is 1. The first-order valence-electron chi connectivity index (χ1n) is 24.7. The Balaban J connectivity index is 2.31. The van der Waals surface area contributed by atoms with E-state index in [0.29, 0.717) is 31.4 Å². The Labute approximate surface area is 417 Å². The summed E-state index contributed by atoms with van der Waals surface area (Å²) in [7, 11) is 0. The van der Waals surface area contributed by atoms with E-state index in [9.17, 15) is 48.3 Å². The van der Waals surface area contributed by atoms with Crippen LogP contribution in [0.15, 0.2) is 17.5 Å². The van der Waals surface area contributed by atoms with Crippen LogP contribution >= 0.6 is 0 Å². The van der Waals surface area contributed by atoms with Crippen LogP contribution in [0, 0.1) is 23.7 Å². The third-order valence-corrected chi connectivity index (χ3v) is 12.0. The molecule has 1 fully saturated rings. The number of carbonyl (C=O) groups excluding carboxylic acids is 8. The van der Waals surface area contributed by atoms with Gasteiger partial charge in [-0.3, -0.25) is 43.3 Å². The van der Waals surface area contributed by atoms with E-state index in [4.69, 9.17) is 17.2 Å². The topological polar surface area (TPSA) is 380 Å². The van der Waals surface area contributed by atoms with E-state index in [0.717, 1.165) is 0 Å². The Kier molecular flexibility index (Phi) is 25.5. The van der Waals surface area contributed by atoms with Gasteiger partial charge in [0, 0.05) is 31.4 Å². The highest BCUT2D eigenvalue weighted by atomic mass is 16.4. The number of carbonyl (C=O) groups is 9. The quantitative estimate of drug-likeness (QED) is 0.0251. The van der Waals surface area contributed by atoms with Crippen molar-refractivity contribution in [3.63, 3.8) is 0 Å². The molecule has 0 saturated carbocycles. The van der Waals surface area contributed by atoms with Crippen molar-refractivity contribution in [2.24, 2.45) is 45.9 Å². The molecule has 2 heterocycles. The van der Waals surface area contributed by atoms with Crippen LogP contribution in [0.1, 0.15) is 126 Å². The summed E-state index contributed by atoms with van der Waals surface area (Å²) in [6, 6.07) is -10.1. The van der Waals surface area contributed by atoms with E-state index in [-0.39, 0.29) is 68.9 Å². The van der Waals surface area contributed by atoms with Gasteiger partial charge in [-0.25, -0.2) is 9.78 Å². The number of nitrogens with one attached hydrogen (secondary N) is 8. The molecule has 24 nitrogen and oxygen atoms in total. The van der Waals surface area contributed by atoms with Crippen LogP contribution in [-0.2, 0) is 49.6 Å². The molecule has 24 heteroatoms. The molecule has 0 bridgehead atoms. The monoisotopic (exact) mass is 1000 g/mol. The number of imidazole rings is 1. The van der Waals surface area contributed by atoms with Gasteiger partial charge < -0.3 is 69.4 Å². The molecule has 1 aliphatic rings. The summed E-state index contributed by atoms with van der Waals surface area (Å²) >= 11 is 0. The summed E-state index contributed by atoms with van der Waals surface area (Å²) in [5, 5.41) is 28.6. The molecular formula is C47H82N14O10. The molecular weight excluding hydrogens is 921 g/mol. The fourth-order valence-corrected chi connectivity index (χ4v) is 7.93. The van der Waals surface area contributed by atoms with Gasteiger partial charge in [-0.15, -0.1) is 0 Å². The lowest BCUT2D eigenvalue weighted by Crippen LogP contribution is -2.61. The number of likely N-dealkylation sites (tertiary alicyclic amines) is 1. The lowest BCUT2D eigenvalue weighted by Gasteiger charge is -2.31. The van der Waals surface area contributed by atoms with Crippen molar-refractivity contribution in [2.45, 2.75) is 181 Å². The average Bonchev–Trinajstić information content (AvgIpc) is 4.00. The van der Waals surface area contributed by atoms with Gasteiger partial charge in [-0.2, -0.15) is 0 Å². The number of nitrogens with zero attached hydrogens (tertiary/aromatic N) is 3. The van der Waals surface area contributed by atoms with Crippen LogP contribution in [0.4, 0.5) is 0 Å². The van der Waals surface area contributed by atoms with Crippen LogP contribution in [0.5, 0.6) is 0 Å². The molecule has 0 radical (unpaired) electrons. The summed E-state index contributed by atoms with van der Waals surface area (Å²) < 4.78 is 0. The smallest absolute Gasteiger partial charge is 0.326 e. The molecule has 71 heavy (non-hydrogen) atoms. The molecule has 2 rings (SSSR count). The molecule has 1 aromatic heterocycles. The minimum absolute atomic E-state index is 0.0216. The minimum Gasteiger partial charge on any atom is -0.480 e. The normalized spacial score (nSPS) is 17.3. The van der Waals surface area contributed by atoms with Gasteiger partial charge in [-0.05, 0) is 82.5 Å². The summed E-state index contributed by atoms with van der Waals surface area (Å²) in [6.45, 7) is 17.9. The number of aliphatic imine (C=N–C) groups is 1. The molecule has 8 amide bonds. The molecule has 1 aliphatic heterocycles. The van der Waals surface area contributed by atoms with E-state index in [1.165, 1.54) is 31.3 Å². The lowest BCUT2D eigenvalue weighted by atomic mass is 9.96. The molecule has 10 atom stereocenters. The Morgan fingerprint density at radius 3 is 1.82 bits per heavy atom. The molecule has 0 spiro atoms. The molecule has 0 unspecified atom stereocenters. The van der Waals surface area contributed by atoms with Gasteiger partial charge in [0.1, 0.15) is 48.3 Å². The standard InChI is InChI=1S/C47H82N14O10/c1-11-27(8)37(44(68)57-32(18-24(2)3)42(66)55-31(14-12-16-52-47(49)50)40(64)59-35(46(70)71)20-26(6)7)60-39(63)29(10)54-41(65)33(21-30-22-51-23-53-30)56-43(67)36-15-13-17-61(36)45(69)34(19-25(4)5)58-38(62)28(9)48/h22-29,31-37H,11-21,48H2,1-10H3,(H,51,53)(H,54,65)(H,55,66)(H,56,67)(H,57,68)(H,58,62)(H,59,64)(H,60,63)(H,70,71)(H4,49,50,52)/t27-,28-,29-,31-,32-,33-,34-,35-,36-,37-/m0/s1. The second-order valence-corrected chi connectivity index (χ2v) is 19.8. The third kappa shape index (κ3) is 20.9. The van der Waals surface area contributed by atoms with Crippen LogP contribution in [0.3, 0.4) is 0 Å². The predicted molar refractivity (Wildman–Crippen MR) is 265 cm³/mol. The summed E-state index contributed by atoms with van der Waals surface area (Å²) in [5.41, 5.74) is 17.2. The number of aromatic nitrogens is 2. The fraction of sp³-hybridized carbons (Fsp3) is 0.723. The van der Waals surface area contributed by atoms with Gasteiger partial charge in [0.15, 0.2) is 5.96 Å².